The second kappa shape index (κ2) is 7.53. The lowest BCUT2D eigenvalue weighted by Crippen LogP contribution is -2.16. The highest BCUT2D eigenvalue weighted by atomic mass is 32.2. The minimum atomic E-state index is -0.802. The van der Waals surface area contributed by atoms with Crippen LogP contribution in [0.5, 0.6) is 11.5 Å². The summed E-state index contributed by atoms with van der Waals surface area (Å²) in [5.41, 5.74) is -0.429. The molecule has 7 heteroatoms. The van der Waals surface area contributed by atoms with Crippen LogP contribution in [-0.4, -0.2) is 24.9 Å². The third-order valence-electron chi connectivity index (χ3n) is 3.32. The van der Waals surface area contributed by atoms with Crippen molar-refractivity contribution in [2.45, 2.75) is 11.3 Å². The molecule has 1 aliphatic rings. The number of benzene rings is 2. The Bertz CT molecular complexity index is 734. The summed E-state index contributed by atoms with van der Waals surface area (Å²) in [6, 6.07) is 8.83. The normalized spacial score (nSPS) is 13.2. The number of carbonyl (C=O) groups excluding carboxylic acids is 1. The van der Waals surface area contributed by atoms with E-state index < -0.39 is 23.2 Å². The summed E-state index contributed by atoms with van der Waals surface area (Å²) in [7, 11) is 0. The first-order valence-corrected chi connectivity index (χ1v) is 8.38. The van der Waals surface area contributed by atoms with Gasteiger partial charge in [0.2, 0.25) is 5.91 Å². The van der Waals surface area contributed by atoms with Crippen molar-refractivity contribution in [2.24, 2.45) is 0 Å². The summed E-state index contributed by atoms with van der Waals surface area (Å²) in [5.74, 6) is -0.760. The summed E-state index contributed by atoms with van der Waals surface area (Å²) >= 11 is 1.25. The number of fused-ring (bicyclic) bond motifs is 1. The predicted molar refractivity (Wildman–Crippen MR) is 87.8 cm³/mol. The molecule has 0 spiro atoms. The Kier molecular flexibility index (Phi) is 5.20. The number of ether oxygens (including phenoxy) is 2. The Hall–Kier alpha value is -2.28. The number of anilines is 1. The van der Waals surface area contributed by atoms with E-state index in [0.29, 0.717) is 24.7 Å². The van der Waals surface area contributed by atoms with Gasteiger partial charge in [-0.2, -0.15) is 0 Å². The molecule has 0 saturated heterocycles. The van der Waals surface area contributed by atoms with Crippen LogP contribution in [0.1, 0.15) is 6.42 Å². The second-order valence-corrected chi connectivity index (χ2v) is 6.14. The predicted octanol–water partition coefficient (Wildman–Crippen LogP) is 3.86. The Labute approximate surface area is 142 Å². The quantitative estimate of drug-likeness (QED) is 0.850. The van der Waals surface area contributed by atoms with Crippen molar-refractivity contribution in [1.82, 2.24) is 0 Å². The first-order chi connectivity index (χ1) is 11.6. The van der Waals surface area contributed by atoms with Crippen LogP contribution in [0.4, 0.5) is 14.5 Å². The van der Waals surface area contributed by atoms with Crippen molar-refractivity contribution < 1.29 is 23.0 Å². The summed E-state index contributed by atoms with van der Waals surface area (Å²) in [6.07, 6.45) is 0.813. The van der Waals surface area contributed by atoms with Crippen LogP contribution in [0, 0.1) is 11.6 Å². The van der Waals surface area contributed by atoms with Gasteiger partial charge in [-0.1, -0.05) is 6.07 Å². The van der Waals surface area contributed by atoms with Crippen molar-refractivity contribution in [3.63, 3.8) is 0 Å². The smallest absolute Gasteiger partial charge is 0.234 e. The van der Waals surface area contributed by atoms with Crippen LogP contribution in [0.2, 0.25) is 0 Å². The lowest BCUT2D eigenvalue weighted by atomic mass is 10.3. The molecule has 4 nitrogen and oxygen atoms in total. The molecule has 3 rings (SSSR count). The number of halogens is 2. The molecule has 0 fully saturated rings. The molecule has 0 saturated carbocycles. The van der Waals surface area contributed by atoms with Gasteiger partial charge in [0.05, 0.1) is 19.0 Å². The lowest BCUT2D eigenvalue weighted by molar-refractivity contribution is -0.113. The van der Waals surface area contributed by atoms with Crippen LogP contribution in [-0.2, 0) is 4.79 Å². The second-order valence-electron chi connectivity index (χ2n) is 5.09. The maximum atomic E-state index is 13.5. The molecule has 1 amide bonds. The molecule has 126 valence electrons. The summed E-state index contributed by atoms with van der Waals surface area (Å²) in [5, 5.41) is 2.26. The van der Waals surface area contributed by atoms with E-state index >= 15 is 0 Å². The Morgan fingerprint density at radius 2 is 1.79 bits per heavy atom. The topological polar surface area (TPSA) is 47.6 Å². The molecule has 0 aliphatic carbocycles. The van der Waals surface area contributed by atoms with Crippen molar-refractivity contribution in [3.8, 4) is 11.5 Å². The Morgan fingerprint density at radius 3 is 2.54 bits per heavy atom. The van der Waals surface area contributed by atoms with Gasteiger partial charge in [0.15, 0.2) is 11.5 Å². The minimum Gasteiger partial charge on any atom is -0.490 e. The fraction of sp³-hybridized carbons (Fsp3) is 0.235. The van der Waals surface area contributed by atoms with Crippen LogP contribution in [0.25, 0.3) is 0 Å². The van der Waals surface area contributed by atoms with Crippen LogP contribution >= 0.6 is 11.8 Å². The van der Waals surface area contributed by atoms with E-state index in [1.807, 2.05) is 6.07 Å². The van der Waals surface area contributed by atoms with E-state index in [9.17, 15) is 13.6 Å². The van der Waals surface area contributed by atoms with Crippen LogP contribution in [0.15, 0.2) is 41.3 Å². The number of hydrogen-bond acceptors (Lipinski definition) is 4. The van der Waals surface area contributed by atoms with Gasteiger partial charge in [0.25, 0.3) is 0 Å². The van der Waals surface area contributed by atoms with Crippen molar-refractivity contribution in [3.05, 3.63) is 48.0 Å². The van der Waals surface area contributed by atoms with Crippen LogP contribution in [0.3, 0.4) is 0 Å². The molecule has 1 aliphatic heterocycles. The summed E-state index contributed by atoms with van der Waals surface area (Å²) in [6.45, 7) is 1.18. The molecule has 1 N–H and O–H groups in total. The average molecular weight is 351 g/mol. The summed E-state index contributed by atoms with van der Waals surface area (Å²) in [4.78, 5) is 12.7. The van der Waals surface area contributed by atoms with Gasteiger partial charge >= 0.3 is 0 Å². The van der Waals surface area contributed by atoms with Gasteiger partial charge in [-0.05, 0) is 30.3 Å². The van der Waals surface area contributed by atoms with E-state index in [1.54, 1.807) is 12.1 Å². The minimum absolute atomic E-state index is 0.0212. The summed E-state index contributed by atoms with van der Waals surface area (Å²) < 4.78 is 38.1. The fourth-order valence-corrected chi connectivity index (χ4v) is 2.90. The first kappa shape index (κ1) is 16.6. The van der Waals surface area contributed by atoms with Gasteiger partial charge in [-0.3, -0.25) is 4.79 Å². The third-order valence-corrected chi connectivity index (χ3v) is 4.31. The first-order valence-electron chi connectivity index (χ1n) is 7.40. The molecule has 0 radical (unpaired) electrons. The zero-order valence-electron chi connectivity index (χ0n) is 12.7. The van der Waals surface area contributed by atoms with Crippen molar-refractivity contribution >= 4 is 23.4 Å². The average Bonchev–Trinajstić information content (AvgIpc) is 2.81. The molecule has 24 heavy (non-hydrogen) atoms. The maximum absolute atomic E-state index is 13.5. The van der Waals surface area contributed by atoms with Gasteiger partial charge in [0.1, 0.15) is 17.3 Å². The number of para-hydroxylation sites is 1. The van der Waals surface area contributed by atoms with Crippen molar-refractivity contribution in [2.75, 3.05) is 24.3 Å². The van der Waals surface area contributed by atoms with Gasteiger partial charge in [-0.15, -0.1) is 11.8 Å². The Morgan fingerprint density at radius 1 is 1.08 bits per heavy atom. The number of thioether (sulfide) groups is 1. The van der Waals surface area contributed by atoms with Gasteiger partial charge < -0.3 is 14.8 Å². The number of nitrogens with one attached hydrogen (secondary N) is 1. The monoisotopic (exact) mass is 351 g/mol. The van der Waals surface area contributed by atoms with Gasteiger partial charge in [0, 0.05) is 11.3 Å². The largest absolute Gasteiger partial charge is 0.490 e. The van der Waals surface area contributed by atoms with E-state index in [1.165, 1.54) is 17.8 Å². The molecule has 0 unspecified atom stereocenters. The zero-order valence-corrected chi connectivity index (χ0v) is 13.5. The molecule has 2 aromatic rings. The molecule has 0 atom stereocenters. The van der Waals surface area contributed by atoms with E-state index in [-0.39, 0.29) is 5.75 Å². The number of hydrogen-bond donors (Lipinski definition) is 1. The third kappa shape index (κ3) is 3.97. The fourth-order valence-electron chi connectivity index (χ4n) is 2.18. The number of amides is 1. The standard InChI is InChI=1S/C17H15F2NO3S/c18-12-3-1-4-13(19)17(12)20-16(21)10-24-11-5-6-14-15(9-11)23-8-2-7-22-14/h1,3-6,9H,2,7-8,10H2,(H,20,21). The maximum Gasteiger partial charge on any atom is 0.234 e. The van der Waals surface area contributed by atoms with E-state index in [4.69, 9.17) is 9.47 Å². The molecular formula is C17H15F2NO3S. The molecular weight excluding hydrogens is 336 g/mol. The van der Waals surface area contributed by atoms with Crippen LogP contribution < -0.4 is 14.8 Å². The molecule has 0 aromatic heterocycles. The highest BCUT2D eigenvalue weighted by Crippen LogP contribution is 2.34. The zero-order chi connectivity index (χ0) is 16.9. The van der Waals surface area contributed by atoms with Gasteiger partial charge in [-0.25, -0.2) is 8.78 Å². The molecule has 1 heterocycles. The van der Waals surface area contributed by atoms with E-state index in [0.717, 1.165) is 23.4 Å². The van der Waals surface area contributed by atoms with Crippen molar-refractivity contribution in [1.29, 1.82) is 0 Å². The van der Waals surface area contributed by atoms with E-state index in [2.05, 4.69) is 5.32 Å². The number of carbonyl (C=O) groups is 1. The SMILES string of the molecule is O=C(CSc1ccc2c(c1)OCCCO2)Nc1c(F)cccc1F. The Balaban J connectivity index is 1.61. The highest BCUT2D eigenvalue weighted by molar-refractivity contribution is 8.00. The highest BCUT2D eigenvalue weighted by Gasteiger charge is 2.14. The number of rotatable bonds is 4. The lowest BCUT2D eigenvalue weighted by Gasteiger charge is -2.10. The molecule has 2 aromatic carbocycles. The molecule has 0 bridgehead atoms.